The topological polar surface area (TPSA) is 9.23 Å². The van der Waals surface area contributed by atoms with Crippen molar-refractivity contribution in [2.45, 2.75) is 6.92 Å². The van der Waals surface area contributed by atoms with Gasteiger partial charge in [-0.3, -0.25) is 0 Å². The molecular weight excluding hydrogens is 520 g/mol. The molecule has 0 spiro atoms. The molecule has 0 bridgehead atoms. The molecule has 0 aliphatic rings. The molecule has 0 saturated heterocycles. The fourth-order valence-electron chi connectivity index (χ4n) is 6.14. The highest BCUT2D eigenvalue weighted by molar-refractivity contribution is 6.10. The van der Waals surface area contributed by atoms with E-state index in [0.717, 1.165) is 11.3 Å². The maximum Gasteiger partial charge on any atom is 0.118 e. The van der Waals surface area contributed by atoms with E-state index in [1.807, 2.05) is 12.1 Å². The van der Waals surface area contributed by atoms with Crippen LogP contribution in [0.15, 0.2) is 140 Å². The zero-order chi connectivity index (χ0) is 29.2. The first-order valence-corrected chi connectivity index (χ1v) is 14.7. The van der Waals surface area contributed by atoms with E-state index in [1.165, 1.54) is 65.7 Å². The molecule has 1 nitrogen and oxygen atoms in total. The molecule has 0 unspecified atom stereocenters. The second-order valence-electron chi connectivity index (χ2n) is 10.9. The summed E-state index contributed by atoms with van der Waals surface area (Å²) >= 11 is 0. The Morgan fingerprint density at radius 1 is 0.512 bits per heavy atom. The quantitative estimate of drug-likeness (QED) is 0.147. The van der Waals surface area contributed by atoms with Gasteiger partial charge >= 0.3 is 0 Å². The average Bonchev–Trinajstić information content (AvgIpc) is 3.07. The molecule has 0 N–H and O–H groups in total. The summed E-state index contributed by atoms with van der Waals surface area (Å²) in [6.07, 6.45) is 6.87. The van der Waals surface area contributed by atoms with Gasteiger partial charge in [0.15, 0.2) is 0 Å². The summed E-state index contributed by atoms with van der Waals surface area (Å²) in [5, 5.41) is 7.61. The number of methoxy groups -OCH3 is 1. The van der Waals surface area contributed by atoms with Crippen LogP contribution >= 0.6 is 0 Å². The van der Waals surface area contributed by atoms with Crippen LogP contribution in [0.25, 0.3) is 56.1 Å². The number of ether oxygens (including phenoxy) is 1. The lowest BCUT2D eigenvalue weighted by Gasteiger charge is -2.13. The third-order valence-electron chi connectivity index (χ3n) is 8.43. The van der Waals surface area contributed by atoms with E-state index in [2.05, 4.69) is 153 Å². The van der Waals surface area contributed by atoms with Gasteiger partial charge in [-0.05, 0) is 102 Å². The lowest BCUT2D eigenvalue weighted by molar-refractivity contribution is 0.415. The third-order valence-corrected chi connectivity index (χ3v) is 8.43. The van der Waals surface area contributed by atoms with Crippen molar-refractivity contribution in [3.8, 4) is 5.75 Å². The van der Waals surface area contributed by atoms with Crippen LogP contribution in [0.1, 0.15) is 33.4 Å². The molecule has 0 heterocycles. The Bertz CT molecular complexity index is 2110. The first-order chi connectivity index (χ1) is 21.2. The molecule has 0 aliphatic heterocycles. The van der Waals surface area contributed by atoms with Crippen LogP contribution in [-0.2, 0) is 0 Å². The van der Waals surface area contributed by atoms with Crippen molar-refractivity contribution in [1.82, 2.24) is 0 Å². The van der Waals surface area contributed by atoms with Crippen molar-refractivity contribution in [3.63, 3.8) is 0 Å². The number of fused-ring (bicyclic) bond motifs is 3. The second-order valence-corrected chi connectivity index (χ2v) is 10.9. The lowest BCUT2D eigenvalue weighted by Crippen LogP contribution is -1.91. The normalized spacial score (nSPS) is 12.0. The van der Waals surface area contributed by atoms with Crippen molar-refractivity contribution >= 4 is 56.1 Å². The largest absolute Gasteiger partial charge is 0.497 e. The van der Waals surface area contributed by atoms with Crippen molar-refractivity contribution in [1.29, 1.82) is 0 Å². The molecular formula is C42H32O. The number of rotatable bonds is 6. The van der Waals surface area contributed by atoms with Crippen LogP contribution < -0.4 is 4.74 Å². The zero-order valence-electron chi connectivity index (χ0n) is 24.4. The number of aryl methyl sites for hydroxylation is 1. The Morgan fingerprint density at radius 3 is 1.74 bits per heavy atom. The van der Waals surface area contributed by atoms with Crippen LogP contribution in [0, 0.1) is 6.92 Å². The summed E-state index contributed by atoms with van der Waals surface area (Å²) in [6, 6.07) is 49.7. The number of benzene rings is 7. The molecule has 0 saturated carbocycles. The van der Waals surface area contributed by atoms with Crippen molar-refractivity contribution < 1.29 is 4.74 Å². The van der Waals surface area contributed by atoms with Gasteiger partial charge in [0.2, 0.25) is 0 Å². The molecule has 0 aromatic heterocycles. The minimum absolute atomic E-state index is 0.850. The van der Waals surface area contributed by atoms with Crippen LogP contribution in [0.2, 0.25) is 0 Å². The summed E-state index contributed by atoms with van der Waals surface area (Å²) in [7, 11) is 1.71. The molecule has 0 aliphatic carbocycles. The Balaban J connectivity index is 1.39. The molecule has 0 amide bonds. The van der Waals surface area contributed by atoms with Gasteiger partial charge in [-0.2, -0.15) is 0 Å². The third kappa shape index (κ3) is 5.11. The molecule has 1 heteroatoms. The van der Waals surface area contributed by atoms with Gasteiger partial charge in [-0.1, -0.05) is 133 Å². The Hall–Kier alpha value is -5.40. The minimum Gasteiger partial charge on any atom is -0.497 e. The van der Waals surface area contributed by atoms with Gasteiger partial charge in [-0.15, -0.1) is 0 Å². The summed E-state index contributed by atoms with van der Waals surface area (Å²) in [6.45, 7) is 2.23. The van der Waals surface area contributed by atoms with Crippen LogP contribution in [-0.4, -0.2) is 7.11 Å². The summed E-state index contributed by atoms with van der Waals surface area (Å²) < 4.78 is 5.46. The van der Waals surface area contributed by atoms with Crippen LogP contribution in [0.4, 0.5) is 0 Å². The predicted octanol–water partition coefficient (Wildman–Crippen LogP) is 11.2. The molecule has 206 valence electrons. The summed E-state index contributed by atoms with van der Waals surface area (Å²) in [5.74, 6) is 0.850. The second kappa shape index (κ2) is 11.5. The zero-order valence-corrected chi connectivity index (χ0v) is 24.4. The Morgan fingerprint density at radius 2 is 1.07 bits per heavy atom. The Kier molecular flexibility index (Phi) is 7.07. The molecule has 0 radical (unpaired) electrons. The van der Waals surface area contributed by atoms with Crippen molar-refractivity contribution in [2.24, 2.45) is 0 Å². The van der Waals surface area contributed by atoms with Crippen LogP contribution in [0.5, 0.6) is 5.75 Å². The van der Waals surface area contributed by atoms with Crippen molar-refractivity contribution in [2.75, 3.05) is 7.11 Å². The van der Waals surface area contributed by atoms with E-state index >= 15 is 0 Å². The number of hydrogen-bond donors (Lipinski definition) is 0. The first kappa shape index (κ1) is 26.5. The minimum atomic E-state index is 0.850. The van der Waals surface area contributed by atoms with E-state index in [9.17, 15) is 0 Å². The molecule has 7 aromatic carbocycles. The van der Waals surface area contributed by atoms with E-state index in [4.69, 9.17) is 4.74 Å². The standard InChI is InChI=1S/C42H32O/c1-29-37-15-7-9-17-39(37)41(40-18-10-8-16-38(29)40)26-23-31-12-4-6-14-34(31)28-42(32-21-24-36(43-2)25-22-32)35-20-19-30-11-3-5-13-33(30)27-35/h3-28H,1-2H3. The molecule has 7 aromatic rings. The summed E-state index contributed by atoms with van der Waals surface area (Å²) in [5.41, 5.74) is 8.40. The van der Waals surface area contributed by atoms with E-state index in [-0.39, 0.29) is 0 Å². The van der Waals surface area contributed by atoms with Gasteiger partial charge in [-0.25, -0.2) is 0 Å². The highest BCUT2D eigenvalue weighted by Crippen LogP contribution is 2.35. The van der Waals surface area contributed by atoms with E-state index in [1.54, 1.807) is 7.11 Å². The summed E-state index contributed by atoms with van der Waals surface area (Å²) in [4.78, 5) is 0. The van der Waals surface area contributed by atoms with Gasteiger partial charge in [0.25, 0.3) is 0 Å². The van der Waals surface area contributed by atoms with Gasteiger partial charge < -0.3 is 4.74 Å². The SMILES string of the molecule is COc1ccc(C(=Cc2ccccc2C=Cc2c3ccccc3c(C)c3ccccc23)c2ccc3ccccc3c2)cc1. The van der Waals surface area contributed by atoms with Gasteiger partial charge in [0, 0.05) is 0 Å². The fraction of sp³-hybridized carbons (Fsp3) is 0.0476. The maximum absolute atomic E-state index is 5.46. The van der Waals surface area contributed by atoms with Crippen LogP contribution in [0.3, 0.4) is 0 Å². The molecule has 0 atom stereocenters. The fourth-order valence-corrected chi connectivity index (χ4v) is 6.14. The van der Waals surface area contributed by atoms with Gasteiger partial charge in [0.05, 0.1) is 7.11 Å². The van der Waals surface area contributed by atoms with E-state index in [0.29, 0.717) is 0 Å². The molecule has 0 fully saturated rings. The average molecular weight is 553 g/mol. The highest BCUT2D eigenvalue weighted by Gasteiger charge is 2.11. The Labute approximate surface area is 253 Å². The van der Waals surface area contributed by atoms with Crippen molar-refractivity contribution in [3.05, 3.63) is 173 Å². The predicted molar refractivity (Wildman–Crippen MR) is 185 cm³/mol. The first-order valence-electron chi connectivity index (χ1n) is 14.7. The lowest BCUT2D eigenvalue weighted by atomic mass is 9.91. The smallest absolute Gasteiger partial charge is 0.118 e. The maximum atomic E-state index is 5.46. The monoisotopic (exact) mass is 552 g/mol. The highest BCUT2D eigenvalue weighted by atomic mass is 16.5. The molecule has 7 rings (SSSR count). The molecule has 43 heavy (non-hydrogen) atoms. The van der Waals surface area contributed by atoms with E-state index < -0.39 is 0 Å². The number of hydrogen-bond acceptors (Lipinski definition) is 1. The van der Waals surface area contributed by atoms with Gasteiger partial charge in [0.1, 0.15) is 5.75 Å².